The van der Waals surface area contributed by atoms with Crippen molar-refractivity contribution < 1.29 is 9.52 Å². The summed E-state index contributed by atoms with van der Waals surface area (Å²) in [5.74, 6) is -0.189. The summed E-state index contributed by atoms with van der Waals surface area (Å²) in [4.78, 5) is 3.82. The Bertz CT molecular complexity index is 483. The van der Waals surface area contributed by atoms with Crippen molar-refractivity contribution in [2.24, 2.45) is 0 Å². The lowest BCUT2D eigenvalue weighted by atomic mass is 10.2. The SMILES string of the molecule is N#Cc1nc(-c2ccccc2)oc1O. The van der Waals surface area contributed by atoms with E-state index in [1.807, 2.05) is 18.2 Å². The molecule has 0 aliphatic heterocycles. The van der Waals surface area contributed by atoms with E-state index in [0.29, 0.717) is 0 Å². The van der Waals surface area contributed by atoms with Gasteiger partial charge in [-0.1, -0.05) is 18.2 Å². The van der Waals surface area contributed by atoms with Gasteiger partial charge in [-0.05, 0) is 12.1 Å². The Hall–Kier alpha value is -2.28. The van der Waals surface area contributed by atoms with E-state index < -0.39 is 5.95 Å². The van der Waals surface area contributed by atoms with Gasteiger partial charge in [-0.15, -0.1) is 0 Å². The molecule has 1 aromatic carbocycles. The highest BCUT2D eigenvalue weighted by Crippen LogP contribution is 2.25. The average Bonchev–Trinajstić information content (AvgIpc) is 2.61. The van der Waals surface area contributed by atoms with Gasteiger partial charge in [0.15, 0.2) is 0 Å². The molecule has 4 nitrogen and oxygen atoms in total. The minimum Gasteiger partial charge on any atom is -0.479 e. The van der Waals surface area contributed by atoms with Crippen LogP contribution >= 0.6 is 0 Å². The van der Waals surface area contributed by atoms with Crippen LogP contribution in [0.4, 0.5) is 0 Å². The van der Waals surface area contributed by atoms with Gasteiger partial charge in [-0.3, -0.25) is 0 Å². The fraction of sp³-hybridized carbons (Fsp3) is 0. The molecule has 0 bridgehead atoms. The van der Waals surface area contributed by atoms with Crippen molar-refractivity contribution in [2.45, 2.75) is 0 Å². The van der Waals surface area contributed by atoms with Gasteiger partial charge in [0.25, 0.3) is 0 Å². The molecular formula is C10H6N2O2. The second kappa shape index (κ2) is 3.23. The van der Waals surface area contributed by atoms with Crippen molar-refractivity contribution in [1.82, 2.24) is 4.98 Å². The van der Waals surface area contributed by atoms with Crippen LogP contribution in [0.15, 0.2) is 34.7 Å². The van der Waals surface area contributed by atoms with Gasteiger partial charge in [-0.2, -0.15) is 10.2 Å². The van der Waals surface area contributed by atoms with E-state index >= 15 is 0 Å². The number of aromatic nitrogens is 1. The van der Waals surface area contributed by atoms with Crippen LogP contribution in [0.25, 0.3) is 11.5 Å². The number of nitriles is 1. The van der Waals surface area contributed by atoms with Crippen LogP contribution in [0.1, 0.15) is 5.69 Å². The quantitative estimate of drug-likeness (QED) is 0.738. The van der Waals surface area contributed by atoms with Crippen LogP contribution in [0.3, 0.4) is 0 Å². The van der Waals surface area contributed by atoms with E-state index in [1.54, 1.807) is 18.2 Å². The monoisotopic (exact) mass is 186 g/mol. The zero-order valence-electron chi connectivity index (χ0n) is 7.14. The lowest BCUT2D eigenvalue weighted by molar-refractivity contribution is 0.336. The van der Waals surface area contributed by atoms with Crippen molar-refractivity contribution in [1.29, 1.82) is 5.26 Å². The molecule has 0 saturated heterocycles. The molecule has 1 aromatic heterocycles. The minimum absolute atomic E-state index is 0.0937. The highest BCUT2D eigenvalue weighted by Gasteiger charge is 2.12. The van der Waals surface area contributed by atoms with Crippen molar-refractivity contribution in [3.05, 3.63) is 36.0 Å². The standard InChI is InChI=1S/C10H6N2O2/c11-6-8-10(13)14-9(12-8)7-4-2-1-3-5-7/h1-5,13H. The number of rotatable bonds is 1. The van der Waals surface area contributed by atoms with E-state index in [-0.39, 0.29) is 11.6 Å². The minimum atomic E-state index is -0.439. The molecule has 4 heteroatoms. The Kier molecular flexibility index (Phi) is 1.92. The third kappa shape index (κ3) is 1.31. The third-order valence-corrected chi connectivity index (χ3v) is 1.74. The van der Waals surface area contributed by atoms with Gasteiger partial charge in [0.1, 0.15) is 6.07 Å². The molecule has 0 aliphatic carbocycles. The molecular weight excluding hydrogens is 180 g/mol. The first-order chi connectivity index (χ1) is 6.81. The number of nitrogens with zero attached hydrogens (tertiary/aromatic N) is 2. The normalized spacial score (nSPS) is 9.64. The van der Waals surface area contributed by atoms with Crippen molar-refractivity contribution in [2.75, 3.05) is 0 Å². The molecule has 0 spiro atoms. The number of oxazole rings is 1. The number of aromatic hydroxyl groups is 1. The first-order valence-electron chi connectivity index (χ1n) is 3.96. The third-order valence-electron chi connectivity index (χ3n) is 1.74. The maximum atomic E-state index is 9.14. The molecule has 1 heterocycles. The van der Waals surface area contributed by atoms with E-state index in [2.05, 4.69) is 4.98 Å². The fourth-order valence-corrected chi connectivity index (χ4v) is 1.09. The molecule has 0 amide bonds. The number of benzene rings is 1. The predicted octanol–water partition coefficient (Wildman–Crippen LogP) is 1.92. The van der Waals surface area contributed by atoms with Gasteiger partial charge < -0.3 is 9.52 Å². The van der Waals surface area contributed by atoms with E-state index in [0.717, 1.165) is 5.56 Å². The summed E-state index contributed by atoms with van der Waals surface area (Å²) in [6, 6.07) is 10.8. The van der Waals surface area contributed by atoms with Gasteiger partial charge in [0, 0.05) is 5.56 Å². The van der Waals surface area contributed by atoms with Gasteiger partial charge in [0.2, 0.25) is 11.6 Å². The first kappa shape index (κ1) is 8.32. The molecule has 0 radical (unpaired) electrons. The smallest absolute Gasteiger partial charge is 0.322 e. The molecule has 1 N–H and O–H groups in total. The van der Waals surface area contributed by atoms with Crippen LogP contribution in [-0.2, 0) is 0 Å². The Morgan fingerprint density at radius 3 is 2.57 bits per heavy atom. The topological polar surface area (TPSA) is 70.0 Å². The highest BCUT2D eigenvalue weighted by atomic mass is 16.5. The van der Waals surface area contributed by atoms with Crippen LogP contribution in [0, 0.1) is 11.3 Å². The Balaban J connectivity index is 2.50. The zero-order valence-corrected chi connectivity index (χ0v) is 7.14. The van der Waals surface area contributed by atoms with Crippen LogP contribution in [-0.4, -0.2) is 10.1 Å². The lowest BCUT2D eigenvalue weighted by Gasteiger charge is -1.91. The Morgan fingerprint density at radius 1 is 1.29 bits per heavy atom. The van der Waals surface area contributed by atoms with E-state index in [4.69, 9.17) is 14.8 Å². The molecule has 0 unspecified atom stereocenters. The summed E-state index contributed by atoms with van der Waals surface area (Å²) in [5.41, 5.74) is 0.633. The van der Waals surface area contributed by atoms with E-state index in [1.165, 1.54) is 0 Å². The van der Waals surface area contributed by atoms with Crippen LogP contribution in [0.5, 0.6) is 5.95 Å². The van der Waals surface area contributed by atoms with Gasteiger partial charge >= 0.3 is 5.95 Å². The van der Waals surface area contributed by atoms with Crippen molar-refractivity contribution in [3.8, 4) is 23.5 Å². The molecule has 0 saturated carbocycles. The summed E-state index contributed by atoms with van der Waals surface area (Å²) < 4.78 is 4.91. The second-order valence-electron chi connectivity index (χ2n) is 2.65. The van der Waals surface area contributed by atoms with Crippen LogP contribution in [0.2, 0.25) is 0 Å². The highest BCUT2D eigenvalue weighted by molar-refractivity contribution is 5.54. The molecule has 0 fully saturated rings. The fourth-order valence-electron chi connectivity index (χ4n) is 1.09. The van der Waals surface area contributed by atoms with Crippen molar-refractivity contribution >= 4 is 0 Å². The van der Waals surface area contributed by atoms with Gasteiger partial charge in [-0.25, -0.2) is 0 Å². The summed E-state index contributed by atoms with van der Waals surface area (Å²) in [6.45, 7) is 0. The Morgan fingerprint density at radius 2 is 2.00 bits per heavy atom. The summed E-state index contributed by atoms with van der Waals surface area (Å²) in [5, 5.41) is 17.7. The number of hydrogen-bond acceptors (Lipinski definition) is 4. The maximum Gasteiger partial charge on any atom is 0.322 e. The molecule has 68 valence electrons. The first-order valence-corrected chi connectivity index (χ1v) is 3.96. The summed E-state index contributed by atoms with van der Waals surface area (Å²) >= 11 is 0. The molecule has 14 heavy (non-hydrogen) atoms. The lowest BCUT2D eigenvalue weighted by Crippen LogP contribution is -1.76. The maximum absolute atomic E-state index is 9.14. The molecule has 0 atom stereocenters. The zero-order chi connectivity index (χ0) is 9.97. The van der Waals surface area contributed by atoms with Gasteiger partial charge in [0.05, 0.1) is 0 Å². The summed E-state index contributed by atoms with van der Waals surface area (Å²) in [7, 11) is 0. The Labute approximate surface area is 80.1 Å². The molecule has 2 aromatic rings. The van der Waals surface area contributed by atoms with Crippen LogP contribution < -0.4 is 0 Å². The predicted molar refractivity (Wildman–Crippen MR) is 48.3 cm³/mol. The second-order valence-corrected chi connectivity index (χ2v) is 2.65. The summed E-state index contributed by atoms with van der Waals surface area (Å²) in [6.07, 6.45) is 0. The average molecular weight is 186 g/mol. The molecule has 0 aliphatic rings. The largest absolute Gasteiger partial charge is 0.479 e. The molecule has 2 rings (SSSR count). The van der Waals surface area contributed by atoms with E-state index in [9.17, 15) is 0 Å². The van der Waals surface area contributed by atoms with Crippen molar-refractivity contribution in [3.63, 3.8) is 0 Å². The number of hydrogen-bond donors (Lipinski definition) is 1.